The third kappa shape index (κ3) is 6.41. The fourth-order valence-electron chi connectivity index (χ4n) is 4.03. The van der Waals surface area contributed by atoms with Gasteiger partial charge in [-0.15, -0.1) is 24.0 Å². The van der Waals surface area contributed by atoms with Crippen molar-refractivity contribution in [2.45, 2.75) is 32.6 Å². The van der Waals surface area contributed by atoms with Crippen LogP contribution in [0.1, 0.15) is 31.7 Å². The summed E-state index contributed by atoms with van der Waals surface area (Å²) in [6.45, 7) is 8.81. The lowest BCUT2D eigenvalue weighted by Crippen LogP contribution is -2.41. The number of hydrogen-bond acceptors (Lipinski definition) is 2. The van der Waals surface area contributed by atoms with Crippen LogP contribution in [0, 0.1) is 11.8 Å². The molecule has 0 saturated carbocycles. The minimum atomic E-state index is 0. The summed E-state index contributed by atoms with van der Waals surface area (Å²) >= 11 is 0. The predicted molar refractivity (Wildman–Crippen MR) is 121 cm³/mol. The molecular weight excluding hydrogens is 435 g/mol. The summed E-state index contributed by atoms with van der Waals surface area (Å²) in [5.74, 6) is 2.64. The van der Waals surface area contributed by atoms with Crippen molar-refractivity contribution in [2.24, 2.45) is 16.8 Å². The summed E-state index contributed by atoms with van der Waals surface area (Å²) in [5.41, 5.74) is 1.46. The highest BCUT2D eigenvalue weighted by Crippen LogP contribution is 2.21. The second-order valence-corrected chi connectivity index (χ2v) is 7.73. The zero-order valence-electron chi connectivity index (χ0n) is 16.4. The summed E-state index contributed by atoms with van der Waals surface area (Å²) in [6.07, 6.45) is 5.03. The Balaban J connectivity index is 0.00000243. The smallest absolute Gasteiger partial charge is 0.193 e. The average molecular weight is 470 g/mol. The van der Waals surface area contributed by atoms with E-state index in [1.807, 2.05) is 0 Å². The summed E-state index contributed by atoms with van der Waals surface area (Å²) < 4.78 is 0. The first-order valence-electron chi connectivity index (χ1n) is 10.00. The van der Waals surface area contributed by atoms with Crippen LogP contribution in [0.15, 0.2) is 35.3 Å². The van der Waals surface area contributed by atoms with Gasteiger partial charge in [0.2, 0.25) is 0 Å². The molecule has 0 bridgehead atoms. The van der Waals surface area contributed by atoms with E-state index in [1.165, 1.54) is 44.3 Å². The Morgan fingerprint density at radius 1 is 1.08 bits per heavy atom. The quantitative estimate of drug-likeness (QED) is 0.406. The lowest BCUT2D eigenvalue weighted by atomic mass is 9.97. The SMILES string of the molecule is CCNC(=NCC1CCN(C)CC1)N1CCC(Cc2ccccc2)C1.I. The Morgan fingerprint density at radius 2 is 1.77 bits per heavy atom. The Morgan fingerprint density at radius 3 is 2.46 bits per heavy atom. The molecular formula is C21H35IN4. The number of likely N-dealkylation sites (tertiary alicyclic amines) is 2. The minimum absolute atomic E-state index is 0. The molecule has 0 amide bonds. The van der Waals surface area contributed by atoms with Crippen LogP contribution >= 0.6 is 24.0 Å². The fraction of sp³-hybridized carbons (Fsp3) is 0.667. The number of halogens is 1. The van der Waals surface area contributed by atoms with Crippen LogP contribution < -0.4 is 5.32 Å². The Bertz CT molecular complexity index is 540. The van der Waals surface area contributed by atoms with E-state index in [2.05, 4.69) is 59.4 Å². The van der Waals surface area contributed by atoms with Crippen LogP contribution in [-0.4, -0.2) is 62.1 Å². The Labute approximate surface area is 176 Å². The van der Waals surface area contributed by atoms with E-state index in [-0.39, 0.29) is 24.0 Å². The molecule has 146 valence electrons. The number of aliphatic imine (C=N–C) groups is 1. The van der Waals surface area contributed by atoms with Gasteiger partial charge >= 0.3 is 0 Å². The van der Waals surface area contributed by atoms with Gasteiger partial charge in [0.05, 0.1) is 0 Å². The van der Waals surface area contributed by atoms with Gasteiger partial charge in [-0.2, -0.15) is 0 Å². The summed E-state index contributed by atoms with van der Waals surface area (Å²) in [5, 5.41) is 3.52. The maximum absolute atomic E-state index is 5.00. The molecule has 0 radical (unpaired) electrons. The van der Waals surface area contributed by atoms with Crippen molar-refractivity contribution >= 4 is 29.9 Å². The van der Waals surface area contributed by atoms with Gasteiger partial charge in [-0.05, 0) is 70.1 Å². The van der Waals surface area contributed by atoms with Crippen molar-refractivity contribution in [3.05, 3.63) is 35.9 Å². The summed E-state index contributed by atoms with van der Waals surface area (Å²) in [7, 11) is 2.22. The van der Waals surface area contributed by atoms with Crippen LogP contribution in [0.25, 0.3) is 0 Å². The third-order valence-corrected chi connectivity index (χ3v) is 5.62. The first kappa shape index (κ1) is 21.5. The number of benzene rings is 1. The number of rotatable bonds is 5. The molecule has 1 unspecified atom stereocenters. The van der Waals surface area contributed by atoms with E-state index in [0.29, 0.717) is 0 Å². The Hall–Kier alpha value is -0.820. The van der Waals surface area contributed by atoms with Crippen molar-refractivity contribution < 1.29 is 0 Å². The minimum Gasteiger partial charge on any atom is -0.357 e. The molecule has 3 rings (SSSR count). The van der Waals surface area contributed by atoms with Gasteiger partial charge < -0.3 is 15.1 Å². The fourth-order valence-corrected chi connectivity index (χ4v) is 4.03. The van der Waals surface area contributed by atoms with E-state index in [1.54, 1.807) is 0 Å². The monoisotopic (exact) mass is 470 g/mol. The second-order valence-electron chi connectivity index (χ2n) is 7.73. The molecule has 2 saturated heterocycles. The van der Waals surface area contributed by atoms with Gasteiger partial charge in [0.25, 0.3) is 0 Å². The van der Waals surface area contributed by atoms with Gasteiger partial charge in [0, 0.05) is 26.2 Å². The predicted octanol–water partition coefficient (Wildman–Crippen LogP) is 3.48. The van der Waals surface area contributed by atoms with Crippen LogP contribution in [0.2, 0.25) is 0 Å². The third-order valence-electron chi connectivity index (χ3n) is 5.62. The molecule has 0 aliphatic carbocycles. The molecule has 2 aliphatic heterocycles. The average Bonchev–Trinajstić information content (AvgIpc) is 3.09. The van der Waals surface area contributed by atoms with Crippen LogP contribution in [0.5, 0.6) is 0 Å². The van der Waals surface area contributed by atoms with Crippen LogP contribution in [0.4, 0.5) is 0 Å². The van der Waals surface area contributed by atoms with Crippen LogP contribution in [0.3, 0.4) is 0 Å². The number of piperidine rings is 1. The highest BCUT2D eigenvalue weighted by atomic mass is 127. The summed E-state index contributed by atoms with van der Waals surface area (Å²) in [4.78, 5) is 9.91. The number of nitrogens with zero attached hydrogens (tertiary/aromatic N) is 3. The number of hydrogen-bond donors (Lipinski definition) is 1. The molecule has 1 atom stereocenters. The molecule has 2 fully saturated rings. The lowest BCUT2D eigenvalue weighted by molar-refractivity contribution is 0.223. The number of guanidine groups is 1. The van der Waals surface area contributed by atoms with Crippen molar-refractivity contribution in [3.63, 3.8) is 0 Å². The van der Waals surface area contributed by atoms with Crippen molar-refractivity contribution in [1.29, 1.82) is 0 Å². The normalized spacial score (nSPS) is 22.3. The molecule has 1 aromatic carbocycles. The van der Waals surface area contributed by atoms with Crippen LogP contribution in [-0.2, 0) is 6.42 Å². The van der Waals surface area contributed by atoms with Gasteiger partial charge in [-0.3, -0.25) is 4.99 Å². The molecule has 1 N–H and O–H groups in total. The largest absolute Gasteiger partial charge is 0.357 e. The van der Waals surface area contributed by atoms with Gasteiger partial charge in [-0.25, -0.2) is 0 Å². The molecule has 0 spiro atoms. The maximum Gasteiger partial charge on any atom is 0.193 e. The van der Waals surface area contributed by atoms with E-state index in [0.717, 1.165) is 44.0 Å². The highest BCUT2D eigenvalue weighted by Gasteiger charge is 2.25. The van der Waals surface area contributed by atoms with E-state index < -0.39 is 0 Å². The molecule has 5 heteroatoms. The van der Waals surface area contributed by atoms with Gasteiger partial charge in [-0.1, -0.05) is 30.3 Å². The second kappa shape index (κ2) is 11.1. The molecule has 26 heavy (non-hydrogen) atoms. The standard InChI is InChI=1S/C21H34N4.HI/c1-3-22-21(23-16-19-9-12-24(2)13-10-19)25-14-11-20(17-25)15-18-7-5-4-6-8-18;/h4-8,19-20H,3,9-17H2,1-2H3,(H,22,23);1H. The number of nitrogens with one attached hydrogen (secondary N) is 1. The zero-order chi connectivity index (χ0) is 17.5. The zero-order valence-corrected chi connectivity index (χ0v) is 18.7. The molecule has 2 heterocycles. The first-order valence-corrected chi connectivity index (χ1v) is 10.00. The summed E-state index contributed by atoms with van der Waals surface area (Å²) in [6, 6.07) is 10.9. The topological polar surface area (TPSA) is 30.9 Å². The van der Waals surface area contributed by atoms with E-state index in [4.69, 9.17) is 4.99 Å². The lowest BCUT2D eigenvalue weighted by Gasteiger charge is -2.28. The van der Waals surface area contributed by atoms with Gasteiger partial charge in [0.15, 0.2) is 5.96 Å². The van der Waals surface area contributed by atoms with Crippen molar-refractivity contribution in [2.75, 3.05) is 46.3 Å². The molecule has 1 aromatic rings. The first-order chi connectivity index (χ1) is 12.2. The van der Waals surface area contributed by atoms with E-state index >= 15 is 0 Å². The maximum atomic E-state index is 5.00. The molecule has 4 nitrogen and oxygen atoms in total. The highest BCUT2D eigenvalue weighted by molar-refractivity contribution is 14.0. The van der Waals surface area contributed by atoms with E-state index in [9.17, 15) is 0 Å². The van der Waals surface area contributed by atoms with Gasteiger partial charge in [0.1, 0.15) is 0 Å². The Kier molecular flexibility index (Phi) is 9.19. The molecule has 0 aromatic heterocycles. The van der Waals surface area contributed by atoms with Crippen molar-refractivity contribution in [1.82, 2.24) is 15.1 Å². The molecule has 2 aliphatic rings. The van der Waals surface area contributed by atoms with Crippen molar-refractivity contribution in [3.8, 4) is 0 Å².